The van der Waals surface area contributed by atoms with Crippen LogP contribution in [0.1, 0.15) is 41.3 Å². The van der Waals surface area contributed by atoms with Crippen molar-refractivity contribution in [3.63, 3.8) is 0 Å². The van der Waals surface area contributed by atoms with E-state index in [2.05, 4.69) is 0 Å². The van der Waals surface area contributed by atoms with E-state index in [4.69, 9.17) is 4.74 Å². The van der Waals surface area contributed by atoms with Crippen LogP contribution in [0.3, 0.4) is 0 Å². The SMILES string of the molecule is CCOC(=O)Cc1c(C)c(Sc2ccc(C(=O)N3CCCC3)cc2)n2cc(F)ccc12. The van der Waals surface area contributed by atoms with Crippen LogP contribution in [0.25, 0.3) is 5.52 Å². The van der Waals surface area contributed by atoms with Crippen molar-refractivity contribution >= 4 is 29.2 Å². The molecular weight excluding hydrogens is 415 g/mol. The number of hydrogen-bond acceptors (Lipinski definition) is 4. The van der Waals surface area contributed by atoms with Crippen molar-refractivity contribution in [3.05, 3.63) is 65.1 Å². The lowest BCUT2D eigenvalue weighted by Gasteiger charge is -2.15. The molecule has 1 aliphatic rings. The summed E-state index contributed by atoms with van der Waals surface area (Å²) >= 11 is 1.49. The first-order valence-corrected chi connectivity index (χ1v) is 11.3. The van der Waals surface area contributed by atoms with Gasteiger partial charge in [0.15, 0.2) is 0 Å². The van der Waals surface area contributed by atoms with Crippen molar-refractivity contribution in [2.45, 2.75) is 43.0 Å². The van der Waals surface area contributed by atoms with Crippen molar-refractivity contribution < 1.29 is 18.7 Å². The number of benzene rings is 1. The fraction of sp³-hybridized carbons (Fsp3) is 0.333. The highest BCUT2D eigenvalue weighted by atomic mass is 32.2. The van der Waals surface area contributed by atoms with Crippen LogP contribution in [0.15, 0.2) is 52.5 Å². The average Bonchev–Trinajstić information content (AvgIpc) is 3.38. The summed E-state index contributed by atoms with van der Waals surface area (Å²) < 4.78 is 20.9. The molecule has 0 atom stereocenters. The van der Waals surface area contributed by atoms with Gasteiger partial charge in [-0.25, -0.2) is 4.39 Å². The number of rotatable bonds is 6. The summed E-state index contributed by atoms with van der Waals surface area (Å²) in [5.74, 6) is -0.584. The van der Waals surface area contributed by atoms with Crippen LogP contribution in [0.4, 0.5) is 4.39 Å². The van der Waals surface area contributed by atoms with E-state index in [1.165, 1.54) is 24.0 Å². The molecule has 0 bridgehead atoms. The van der Waals surface area contributed by atoms with Crippen LogP contribution in [-0.4, -0.2) is 40.9 Å². The van der Waals surface area contributed by atoms with E-state index < -0.39 is 0 Å². The fourth-order valence-electron chi connectivity index (χ4n) is 3.98. The topological polar surface area (TPSA) is 51.0 Å². The molecule has 1 fully saturated rings. The number of hydrogen-bond donors (Lipinski definition) is 0. The Kier molecular flexibility index (Phi) is 6.32. The molecule has 2 aromatic heterocycles. The lowest BCUT2D eigenvalue weighted by molar-refractivity contribution is -0.142. The zero-order chi connectivity index (χ0) is 22.0. The van der Waals surface area contributed by atoms with Crippen molar-refractivity contribution in [1.82, 2.24) is 9.30 Å². The fourth-order valence-corrected chi connectivity index (χ4v) is 5.00. The highest BCUT2D eigenvalue weighted by Crippen LogP contribution is 2.36. The van der Waals surface area contributed by atoms with Gasteiger partial charge >= 0.3 is 5.97 Å². The molecule has 0 saturated carbocycles. The second kappa shape index (κ2) is 9.14. The van der Waals surface area contributed by atoms with E-state index in [-0.39, 0.29) is 24.1 Å². The molecule has 1 saturated heterocycles. The number of nitrogens with zero attached hydrogens (tertiary/aromatic N) is 2. The van der Waals surface area contributed by atoms with Gasteiger partial charge in [0.05, 0.1) is 23.6 Å². The second-order valence-electron chi connectivity index (χ2n) is 7.62. The first kappa shape index (κ1) is 21.4. The molecule has 7 heteroatoms. The smallest absolute Gasteiger partial charge is 0.310 e. The summed E-state index contributed by atoms with van der Waals surface area (Å²) in [6.07, 6.45) is 3.69. The summed E-state index contributed by atoms with van der Waals surface area (Å²) in [6.45, 7) is 5.67. The zero-order valence-electron chi connectivity index (χ0n) is 17.7. The third kappa shape index (κ3) is 4.46. The van der Waals surface area contributed by atoms with Gasteiger partial charge in [-0.15, -0.1) is 0 Å². The molecule has 0 N–H and O–H groups in total. The lowest BCUT2D eigenvalue weighted by Crippen LogP contribution is -2.27. The number of halogens is 1. The number of esters is 1. The monoisotopic (exact) mass is 440 g/mol. The minimum atomic E-state index is -0.349. The van der Waals surface area contributed by atoms with Crippen molar-refractivity contribution in [3.8, 4) is 0 Å². The third-order valence-electron chi connectivity index (χ3n) is 5.55. The summed E-state index contributed by atoms with van der Waals surface area (Å²) in [6, 6.07) is 10.6. The van der Waals surface area contributed by atoms with Crippen LogP contribution in [0.5, 0.6) is 0 Å². The first-order valence-electron chi connectivity index (χ1n) is 10.5. The van der Waals surface area contributed by atoms with Crippen LogP contribution < -0.4 is 0 Å². The molecule has 162 valence electrons. The second-order valence-corrected chi connectivity index (χ2v) is 8.68. The van der Waals surface area contributed by atoms with E-state index >= 15 is 0 Å². The van der Waals surface area contributed by atoms with Crippen molar-refractivity contribution in [2.75, 3.05) is 19.7 Å². The molecule has 0 radical (unpaired) electrons. The molecule has 3 heterocycles. The van der Waals surface area contributed by atoms with Gasteiger partial charge in [-0.3, -0.25) is 9.59 Å². The van der Waals surface area contributed by atoms with Gasteiger partial charge in [0.25, 0.3) is 5.91 Å². The maximum atomic E-state index is 14.0. The Balaban J connectivity index is 1.63. The maximum Gasteiger partial charge on any atom is 0.310 e. The summed E-state index contributed by atoms with van der Waals surface area (Å²) in [5.41, 5.74) is 3.22. The Morgan fingerprint density at radius 3 is 2.48 bits per heavy atom. The molecule has 3 aromatic rings. The number of aromatic nitrogens is 1. The number of fused-ring (bicyclic) bond motifs is 1. The van der Waals surface area contributed by atoms with E-state index in [1.807, 2.05) is 36.1 Å². The van der Waals surface area contributed by atoms with E-state index in [0.29, 0.717) is 12.2 Å². The van der Waals surface area contributed by atoms with Gasteiger partial charge in [0.1, 0.15) is 5.82 Å². The molecule has 1 aliphatic heterocycles. The third-order valence-corrected chi connectivity index (χ3v) is 6.75. The zero-order valence-corrected chi connectivity index (χ0v) is 18.5. The van der Waals surface area contributed by atoms with Crippen LogP contribution in [0.2, 0.25) is 0 Å². The minimum absolute atomic E-state index is 0.0668. The van der Waals surface area contributed by atoms with Crippen LogP contribution >= 0.6 is 11.8 Å². The van der Waals surface area contributed by atoms with Crippen molar-refractivity contribution in [2.24, 2.45) is 0 Å². The Bertz CT molecular complexity index is 1120. The number of likely N-dealkylation sites (tertiary alicyclic amines) is 1. The van der Waals surface area contributed by atoms with Gasteiger partial charge in [-0.05, 0) is 74.2 Å². The number of ether oxygens (including phenoxy) is 1. The van der Waals surface area contributed by atoms with E-state index in [1.54, 1.807) is 17.4 Å². The summed E-state index contributed by atoms with van der Waals surface area (Å²) in [7, 11) is 0. The van der Waals surface area contributed by atoms with Gasteiger partial charge in [0, 0.05) is 29.7 Å². The Labute approximate surface area is 185 Å². The van der Waals surface area contributed by atoms with Gasteiger partial charge < -0.3 is 14.0 Å². The van der Waals surface area contributed by atoms with Gasteiger partial charge in [-0.2, -0.15) is 0 Å². The van der Waals surface area contributed by atoms with Gasteiger partial charge in [0.2, 0.25) is 0 Å². The minimum Gasteiger partial charge on any atom is -0.466 e. The van der Waals surface area contributed by atoms with E-state index in [9.17, 15) is 14.0 Å². The molecule has 31 heavy (non-hydrogen) atoms. The number of carbonyl (C=O) groups is 2. The van der Waals surface area contributed by atoms with Gasteiger partial charge in [-0.1, -0.05) is 11.8 Å². The van der Waals surface area contributed by atoms with Crippen LogP contribution in [-0.2, 0) is 16.0 Å². The maximum absolute atomic E-state index is 14.0. The molecule has 0 spiro atoms. The molecule has 0 unspecified atom stereocenters. The largest absolute Gasteiger partial charge is 0.466 e. The molecular formula is C24H25FN2O3S. The predicted molar refractivity (Wildman–Crippen MR) is 118 cm³/mol. The summed E-state index contributed by atoms with van der Waals surface area (Å²) in [5, 5.41) is 0.840. The summed E-state index contributed by atoms with van der Waals surface area (Å²) in [4.78, 5) is 27.5. The highest BCUT2D eigenvalue weighted by Gasteiger charge is 2.21. The molecule has 4 rings (SSSR count). The molecule has 5 nitrogen and oxygen atoms in total. The Morgan fingerprint density at radius 1 is 1.10 bits per heavy atom. The van der Waals surface area contributed by atoms with E-state index in [0.717, 1.165) is 52.5 Å². The lowest BCUT2D eigenvalue weighted by atomic mass is 10.1. The molecule has 0 aliphatic carbocycles. The quantitative estimate of drug-likeness (QED) is 0.513. The Morgan fingerprint density at radius 2 is 1.81 bits per heavy atom. The normalized spacial score (nSPS) is 13.7. The number of pyridine rings is 1. The highest BCUT2D eigenvalue weighted by molar-refractivity contribution is 7.99. The van der Waals surface area contributed by atoms with Crippen molar-refractivity contribution in [1.29, 1.82) is 0 Å². The Hall–Kier alpha value is -2.80. The first-order chi connectivity index (χ1) is 15.0. The van der Waals surface area contributed by atoms with Crippen LogP contribution in [0, 0.1) is 12.7 Å². The average molecular weight is 441 g/mol. The standard InChI is InChI=1S/C24H25FN2O3S/c1-3-30-22(28)14-20-16(2)24(27-15-18(25)8-11-21(20)27)31-19-9-6-17(7-10-19)23(29)26-12-4-5-13-26/h6-11,15H,3-5,12-14H2,1-2H3. The number of carbonyl (C=O) groups excluding carboxylic acids is 2. The molecule has 1 aromatic carbocycles. The number of amides is 1. The predicted octanol–water partition coefficient (Wildman–Crippen LogP) is 4.88. The molecule has 1 amide bonds.